The molecule has 0 radical (unpaired) electrons. The van der Waals surface area contributed by atoms with Crippen molar-refractivity contribution in [3.8, 4) is 0 Å². The molecular formula is C47H77NaO14. The van der Waals surface area contributed by atoms with Crippen molar-refractivity contribution in [2.75, 3.05) is 13.7 Å². The minimum atomic E-state index is -1.67. The summed E-state index contributed by atoms with van der Waals surface area (Å²) in [6.07, 6.45) is 3.10. The van der Waals surface area contributed by atoms with E-state index in [1.807, 2.05) is 40.7 Å². The maximum atomic E-state index is 13.3. The van der Waals surface area contributed by atoms with Crippen molar-refractivity contribution in [1.29, 1.82) is 0 Å². The first-order chi connectivity index (χ1) is 28.5. The Balaban J connectivity index is 0.00000726. The van der Waals surface area contributed by atoms with Crippen LogP contribution in [0.3, 0.4) is 0 Å². The van der Waals surface area contributed by atoms with Gasteiger partial charge in [-0.25, -0.2) is 0 Å². The number of carboxylic acids is 1. The van der Waals surface area contributed by atoms with Crippen molar-refractivity contribution in [2.45, 2.75) is 212 Å². The Hall–Kier alpha value is -0.560. The van der Waals surface area contributed by atoms with E-state index in [0.29, 0.717) is 44.1 Å². The van der Waals surface area contributed by atoms with E-state index in [2.05, 4.69) is 20.8 Å². The number of carbonyl (C=O) groups is 2. The SMILES string of the molecule is CO[C@H]1CCC(O[C@H]2C[C@H]([C@]3(C)CC[C@]4(C[C@H](O)[C@@H](C)[C@@H]([C@@H](C)C=C(C)C(=O)[C@H](C)C[C@H](C)C(=O)[O-])O4)O3)O[C@]3(O[C@@H]([C@H]4O[C@@](O)(CO)[C@H](C)C[C@H]4C)C[C@H]3C)[C@H]2C)O[C@H]1C.[Na+]. The smallest absolute Gasteiger partial charge is 0.550 e. The predicted octanol–water partition coefficient (Wildman–Crippen LogP) is 1.82. The molecule has 15 heteroatoms. The Morgan fingerprint density at radius 3 is 2.24 bits per heavy atom. The van der Waals surface area contributed by atoms with Crippen LogP contribution in [0, 0.1) is 47.3 Å². The van der Waals surface area contributed by atoms with Crippen LogP contribution in [-0.4, -0.2) is 119 Å². The van der Waals surface area contributed by atoms with E-state index in [0.717, 1.165) is 6.42 Å². The van der Waals surface area contributed by atoms with Gasteiger partial charge in [-0.15, -0.1) is 0 Å². The molecule has 6 aliphatic heterocycles. The van der Waals surface area contributed by atoms with Crippen molar-refractivity contribution in [1.82, 2.24) is 0 Å². The molecule has 0 aromatic rings. The van der Waals surface area contributed by atoms with Gasteiger partial charge >= 0.3 is 29.6 Å². The minimum Gasteiger partial charge on any atom is -0.550 e. The Labute approximate surface area is 392 Å². The number of aliphatic carboxylic acids is 1. The number of hydrogen-bond acceptors (Lipinski definition) is 14. The predicted molar refractivity (Wildman–Crippen MR) is 221 cm³/mol. The van der Waals surface area contributed by atoms with Crippen LogP contribution >= 0.6 is 0 Å². The summed E-state index contributed by atoms with van der Waals surface area (Å²) in [5.41, 5.74) is -0.352. The van der Waals surface area contributed by atoms with Crippen LogP contribution in [-0.2, 0) is 47.5 Å². The summed E-state index contributed by atoms with van der Waals surface area (Å²) in [5, 5.41) is 44.4. The number of hydrogen-bond donors (Lipinski definition) is 3. The summed E-state index contributed by atoms with van der Waals surface area (Å²) in [5.74, 6) is -7.48. The van der Waals surface area contributed by atoms with Gasteiger partial charge in [0.25, 0.3) is 0 Å². The molecule has 14 nitrogen and oxygen atoms in total. The third kappa shape index (κ3) is 10.4. The van der Waals surface area contributed by atoms with E-state index >= 15 is 0 Å². The van der Waals surface area contributed by atoms with Gasteiger partial charge in [0.1, 0.15) is 0 Å². The van der Waals surface area contributed by atoms with Crippen LogP contribution in [0.25, 0.3) is 0 Å². The maximum absolute atomic E-state index is 13.3. The number of carboxylic acid groups (broad SMARTS) is 1. The second-order valence-electron chi connectivity index (χ2n) is 20.6. The summed E-state index contributed by atoms with van der Waals surface area (Å²) in [6, 6.07) is 0. The molecule has 6 saturated heterocycles. The number of carbonyl (C=O) groups excluding carboxylic acids is 2. The summed E-state index contributed by atoms with van der Waals surface area (Å²) >= 11 is 0. The van der Waals surface area contributed by atoms with Gasteiger partial charge in [-0.2, -0.15) is 0 Å². The Kier molecular flexibility index (Phi) is 17.2. The van der Waals surface area contributed by atoms with Gasteiger partial charge in [0.05, 0.1) is 61.0 Å². The number of Topliss-reactive ketones (excluding diaryl/α,β-unsaturated/α-hetero) is 1. The standard InChI is InChI=1S/C47H78O14.Na/c1-24(40(50)25(2)18-28(5)43(51)52)17-26(3)41-31(8)34(49)22-45(59-41)16-15-44(11,61-45)38-21-36(56-39-14-13-35(54-12)33(10)55-39)32(9)47(58-38)30(7)20-37(57-47)42-27(4)19-29(6)46(53,23-48)60-42;/h17,25-39,41-42,48-49,53H,13-16,18-23H2,1-12H3,(H,51,52);/q;+1/p-1/t25-,26+,27-,28+,29-,30-,31-,32+,33+,34+,35+,36+,37-,38-,39?,41-,42+,44+,45-,46+,47+;/m1./s1. The van der Waals surface area contributed by atoms with Crippen molar-refractivity contribution in [3.05, 3.63) is 11.6 Å². The van der Waals surface area contributed by atoms with Crippen molar-refractivity contribution < 1.29 is 97.5 Å². The van der Waals surface area contributed by atoms with E-state index in [9.17, 15) is 30.0 Å². The maximum Gasteiger partial charge on any atom is 1.00 e. The molecule has 0 bridgehead atoms. The van der Waals surface area contributed by atoms with Gasteiger partial charge < -0.3 is 63.1 Å². The van der Waals surface area contributed by atoms with E-state index in [1.165, 1.54) is 0 Å². The second kappa shape index (κ2) is 20.3. The van der Waals surface area contributed by atoms with E-state index in [-0.39, 0.29) is 102 Å². The molecule has 0 aromatic heterocycles. The van der Waals surface area contributed by atoms with Crippen LogP contribution in [0.2, 0.25) is 0 Å². The van der Waals surface area contributed by atoms with Crippen molar-refractivity contribution in [3.63, 3.8) is 0 Å². The Bertz CT molecular complexity index is 1580. The molecule has 6 aliphatic rings. The first-order valence-electron chi connectivity index (χ1n) is 23.2. The summed E-state index contributed by atoms with van der Waals surface area (Å²) < 4.78 is 53.9. The number of rotatable bonds is 13. The van der Waals surface area contributed by atoms with Gasteiger partial charge in [0.2, 0.25) is 0 Å². The van der Waals surface area contributed by atoms with Gasteiger partial charge in [0, 0.05) is 74.3 Å². The zero-order valence-corrected chi connectivity index (χ0v) is 41.8. The molecule has 350 valence electrons. The molecule has 3 N–H and O–H groups in total. The fourth-order valence-electron chi connectivity index (χ4n) is 11.8. The van der Waals surface area contributed by atoms with Crippen LogP contribution in [0.1, 0.15) is 134 Å². The third-order valence-electron chi connectivity index (χ3n) is 15.8. The van der Waals surface area contributed by atoms with Gasteiger partial charge in [-0.05, 0) is 70.3 Å². The average molecular weight is 889 g/mol. The van der Waals surface area contributed by atoms with E-state index < -0.39 is 84.2 Å². The fraction of sp³-hybridized carbons (Fsp3) is 0.915. The first-order valence-corrected chi connectivity index (χ1v) is 23.2. The summed E-state index contributed by atoms with van der Waals surface area (Å²) in [7, 11) is 1.70. The molecule has 0 amide bonds. The summed E-state index contributed by atoms with van der Waals surface area (Å²) in [6.45, 7) is 20.7. The molecule has 0 saturated carbocycles. The topological polar surface area (TPSA) is 192 Å². The summed E-state index contributed by atoms with van der Waals surface area (Å²) in [4.78, 5) is 24.7. The monoisotopic (exact) mass is 889 g/mol. The molecule has 21 atom stereocenters. The van der Waals surface area contributed by atoms with Crippen LogP contribution in [0.15, 0.2) is 11.6 Å². The van der Waals surface area contributed by atoms with Crippen LogP contribution < -0.4 is 34.7 Å². The minimum absolute atomic E-state index is 0. The van der Waals surface area contributed by atoms with Gasteiger partial charge in [-0.3, -0.25) is 4.79 Å². The second-order valence-corrected chi connectivity index (χ2v) is 20.6. The molecule has 0 aromatic carbocycles. The van der Waals surface area contributed by atoms with Crippen LogP contribution in [0.5, 0.6) is 0 Å². The molecule has 0 aliphatic carbocycles. The van der Waals surface area contributed by atoms with Gasteiger partial charge in [-0.1, -0.05) is 61.5 Å². The molecule has 2 spiro atoms. The molecular weight excluding hydrogens is 811 g/mol. The van der Waals surface area contributed by atoms with Crippen molar-refractivity contribution >= 4 is 11.8 Å². The molecule has 6 fully saturated rings. The zero-order valence-electron chi connectivity index (χ0n) is 39.8. The molecule has 6 heterocycles. The molecule has 6 rings (SSSR count). The number of allylic oxidation sites excluding steroid dienone is 1. The third-order valence-corrected chi connectivity index (χ3v) is 15.8. The number of aliphatic hydroxyl groups is 3. The van der Waals surface area contributed by atoms with Crippen LogP contribution in [0.4, 0.5) is 0 Å². The Morgan fingerprint density at radius 2 is 1.61 bits per heavy atom. The van der Waals surface area contributed by atoms with Gasteiger partial charge in [0.15, 0.2) is 29.4 Å². The number of ketones is 1. The largest absolute Gasteiger partial charge is 1.00 e. The normalized spacial score (nSPS) is 47.8. The van der Waals surface area contributed by atoms with E-state index in [1.54, 1.807) is 27.9 Å². The first kappa shape index (κ1) is 52.4. The molecule has 1 unspecified atom stereocenters. The number of ether oxygens (including phenoxy) is 8. The average Bonchev–Trinajstić information content (AvgIpc) is 3.71. The van der Waals surface area contributed by atoms with Crippen molar-refractivity contribution in [2.24, 2.45) is 47.3 Å². The number of aliphatic hydroxyl groups excluding tert-OH is 2. The quantitative estimate of drug-likeness (QED) is 0.179. The fourth-order valence-corrected chi connectivity index (χ4v) is 11.8. The molecule has 62 heavy (non-hydrogen) atoms. The van der Waals surface area contributed by atoms with E-state index in [4.69, 9.17) is 37.9 Å². The Morgan fingerprint density at radius 1 is 0.919 bits per heavy atom. The zero-order chi connectivity index (χ0) is 45.0. The number of methoxy groups -OCH3 is 1.